The molecule has 0 aromatic carbocycles. The summed E-state index contributed by atoms with van der Waals surface area (Å²) < 4.78 is 0. The zero-order chi connectivity index (χ0) is 9.97. The van der Waals surface area contributed by atoms with Crippen molar-refractivity contribution < 1.29 is 4.79 Å². The second-order valence-electron chi connectivity index (χ2n) is 4.37. The molecule has 0 aromatic rings. The van der Waals surface area contributed by atoms with E-state index in [1.807, 2.05) is 0 Å². The highest BCUT2D eigenvalue weighted by atomic mass is 16.2. The number of amides is 1. The lowest BCUT2D eigenvalue weighted by molar-refractivity contribution is -0.133. The van der Waals surface area contributed by atoms with Crippen LogP contribution in [0.1, 0.15) is 32.1 Å². The number of hydrazine groups is 1. The highest BCUT2D eigenvalue weighted by Gasteiger charge is 2.28. The molecule has 4 heteroatoms. The van der Waals surface area contributed by atoms with Crippen molar-refractivity contribution in [3.63, 3.8) is 0 Å². The average Bonchev–Trinajstić information content (AvgIpc) is 2.77. The third kappa shape index (κ3) is 2.07. The molecule has 0 aromatic heterocycles. The van der Waals surface area contributed by atoms with Crippen LogP contribution in [0, 0.1) is 5.92 Å². The van der Waals surface area contributed by atoms with Crippen LogP contribution >= 0.6 is 0 Å². The van der Waals surface area contributed by atoms with Gasteiger partial charge in [-0.25, -0.2) is 5.43 Å². The molecule has 3 N–H and O–H groups in total. The van der Waals surface area contributed by atoms with Crippen molar-refractivity contribution in [2.45, 2.75) is 38.1 Å². The van der Waals surface area contributed by atoms with Crippen LogP contribution in [0.15, 0.2) is 0 Å². The number of nitrogens with two attached hydrogens (primary N) is 1. The first-order valence-corrected chi connectivity index (χ1v) is 5.57. The molecular formula is C10H19N3O. The van der Waals surface area contributed by atoms with Crippen molar-refractivity contribution in [2.75, 3.05) is 13.1 Å². The number of nitrogens with zero attached hydrogens (tertiary/aromatic N) is 1. The second-order valence-corrected chi connectivity index (χ2v) is 4.37. The number of hydrogen-bond donors (Lipinski definition) is 2. The van der Waals surface area contributed by atoms with Crippen molar-refractivity contribution in [3.8, 4) is 0 Å². The molecule has 2 aliphatic rings. The van der Waals surface area contributed by atoms with Gasteiger partial charge in [0.1, 0.15) is 0 Å². The predicted octanol–water partition coefficient (Wildman–Crippen LogP) is 0.241. The molecule has 1 aliphatic heterocycles. The minimum absolute atomic E-state index is 0.227. The summed E-state index contributed by atoms with van der Waals surface area (Å²) in [6.45, 7) is 1.79. The molecule has 2 fully saturated rings. The Morgan fingerprint density at radius 3 is 2.86 bits per heavy atom. The summed E-state index contributed by atoms with van der Waals surface area (Å²) in [6.07, 6.45) is 5.11. The van der Waals surface area contributed by atoms with Crippen molar-refractivity contribution in [1.82, 2.24) is 10.4 Å². The van der Waals surface area contributed by atoms with Gasteiger partial charge >= 0.3 is 0 Å². The standard InChI is InChI=1S/C10H19N3O/c11-9-4-1-3-8(9)7-10(14)13-6-2-5-12-13/h8-9,12H,1-7,11H2/t8-,9+/m0/s1. The lowest BCUT2D eigenvalue weighted by Gasteiger charge is -2.20. The third-order valence-corrected chi connectivity index (χ3v) is 3.32. The average molecular weight is 197 g/mol. The van der Waals surface area contributed by atoms with Crippen LogP contribution in [0.5, 0.6) is 0 Å². The van der Waals surface area contributed by atoms with E-state index in [4.69, 9.17) is 5.73 Å². The van der Waals surface area contributed by atoms with Crippen LogP contribution in [0.2, 0.25) is 0 Å². The molecule has 0 bridgehead atoms. The van der Waals surface area contributed by atoms with E-state index < -0.39 is 0 Å². The molecule has 14 heavy (non-hydrogen) atoms. The SMILES string of the molecule is N[C@@H]1CCC[C@H]1CC(=O)N1CCCN1. The van der Waals surface area contributed by atoms with Crippen LogP contribution in [0.3, 0.4) is 0 Å². The Balaban J connectivity index is 1.81. The minimum atomic E-state index is 0.227. The lowest BCUT2D eigenvalue weighted by Crippen LogP contribution is -2.39. The van der Waals surface area contributed by atoms with E-state index in [0.29, 0.717) is 12.3 Å². The molecule has 0 unspecified atom stereocenters. The maximum atomic E-state index is 11.8. The zero-order valence-electron chi connectivity index (χ0n) is 8.54. The highest BCUT2D eigenvalue weighted by Crippen LogP contribution is 2.27. The molecule has 0 radical (unpaired) electrons. The number of carbonyl (C=O) groups excluding carboxylic acids is 1. The second kappa shape index (κ2) is 4.28. The molecule has 1 saturated carbocycles. The first-order valence-electron chi connectivity index (χ1n) is 5.57. The summed E-state index contributed by atoms with van der Waals surface area (Å²) >= 11 is 0. The summed E-state index contributed by atoms with van der Waals surface area (Å²) in [5, 5.41) is 1.76. The van der Waals surface area contributed by atoms with Crippen molar-refractivity contribution in [2.24, 2.45) is 11.7 Å². The van der Waals surface area contributed by atoms with E-state index in [2.05, 4.69) is 5.43 Å². The highest BCUT2D eigenvalue weighted by molar-refractivity contribution is 5.76. The first kappa shape index (κ1) is 9.93. The molecule has 2 rings (SSSR count). The van der Waals surface area contributed by atoms with Gasteiger partial charge in [-0.15, -0.1) is 0 Å². The van der Waals surface area contributed by atoms with Gasteiger partial charge in [0.05, 0.1) is 0 Å². The quantitative estimate of drug-likeness (QED) is 0.666. The van der Waals surface area contributed by atoms with Gasteiger partial charge in [0.25, 0.3) is 0 Å². The van der Waals surface area contributed by atoms with Crippen LogP contribution in [0.4, 0.5) is 0 Å². The van der Waals surface area contributed by atoms with E-state index in [0.717, 1.165) is 32.4 Å². The third-order valence-electron chi connectivity index (χ3n) is 3.32. The normalized spacial score (nSPS) is 32.5. The Morgan fingerprint density at radius 1 is 1.43 bits per heavy atom. The molecule has 1 amide bonds. The maximum absolute atomic E-state index is 11.8. The van der Waals surface area contributed by atoms with Gasteiger partial charge in [0.2, 0.25) is 5.91 Å². The van der Waals surface area contributed by atoms with Gasteiger partial charge in [0.15, 0.2) is 0 Å². The zero-order valence-corrected chi connectivity index (χ0v) is 8.54. The fourth-order valence-electron chi connectivity index (χ4n) is 2.40. The first-order chi connectivity index (χ1) is 6.77. The van der Waals surface area contributed by atoms with Crippen LogP contribution in [-0.2, 0) is 4.79 Å². The fourth-order valence-corrected chi connectivity index (χ4v) is 2.40. The number of nitrogens with one attached hydrogen (secondary N) is 1. The van der Waals surface area contributed by atoms with Crippen molar-refractivity contribution >= 4 is 5.91 Å². The van der Waals surface area contributed by atoms with Crippen molar-refractivity contribution in [1.29, 1.82) is 0 Å². The van der Waals surface area contributed by atoms with E-state index in [1.165, 1.54) is 6.42 Å². The van der Waals surface area contributed by atoms with Crippen LogP contribution in [-0.4, -0.2) is 30.0 Å². The monoisotopic (exact) mass is 197 g/mol. The van der Waals surface area contributed by atoms with Crippen LogP contribution < -0.4 is 11.2 Å². The Bertz CT molecular complexity index is 213. The number of carbonyl (C=O) groups is 1. The van der Waals surface area contributed by atoms with Crippen molar-refractivity contribution in [3.05, 3.63) is 0 Å². The van der Waals surface area contributed by atoms with Gasteiger partial charge in [-0.2, -0.15) is 0 Å². The Kier molecular flexibility index (Phi) is 3.03. The minimum Gasteiger partial charge on any atom is -0.327 e. The topological polar surface area (TPSA) is 58.4 Å². The Morgan fingerprint density at radius 2 is 2.29 bits per heavy atom. The summed E-state index contributed by atoms with van der Waals surface area (Å²) in [7, 11) is 0. The molecule has 4 nitrogen and oxygen atoms in total. The van der Waals surface area contributed by atoms with Gasteiger partial charge in [-0.1, -0.05) is 6.42 Å². The van der Waals surface area contributed by atoms with Crippen LogP contribution in [0.25, 0.3) is 0 Å². The predicted molar refractivity (Wildman–Crippen MR) is 54.3 cm³/mol. The number of hydrogen-bond acceptors (Lipinski definition) is 3. The molecule has 2 atom stereocenters. The lowest BCUT2D eigenvalue weighted by atomic mass is 10.00. The van der Waals surface area contributed by atoms with Gasteiger partial charge in [-0.3, -0.25) is 9.80 Å². The summed E-state index contributed by atoms with van der Waals surface area (Å²) in [6, 6.07) is 0.251. The van der Waals surface area contributed by atoms with Gasteiger partial charge in [0, 0.05) is 25.6 Å². The van der Waals surface area contributed by atoms with Gasteiger partial charge in [-0.05, 0) is 25.2 Å². The van der Waals surface area contributed by atoms with E-state index in [9.17, 15) is 4.79 Å². The van der Waals surface area contributed by atoms with E-state index >= 15 is 0 Å². The number of rotatable bonds is 2. The maximum Gasteiger partial charge on any atom is 0.236 e. The largest absolute Gasteiger partial charge is 0.327 e. The van der Waals surface area contributed by atoms with E-state index in [1.54, 1.807) is 5.01 Å². The molecule has 0 spiro atoms. The molecular weight excluding hydrogens is 178 g/mol. The van der Waals surface area contributed by atoms with Gasteiger partial charge < -0.3 is 5.73 Å². The molecule has 1 saturated heterocycles. The molecule has 1 heterocycles. The fraction of sp³-hybridized carbons (Fsp3) is 0.900. The summed E-state index contributed by atoms with van der Waals surface area (Å²) in [5.74, 6) is 0.648. The molecule has 80 valence electrons. The Labute approximate surface area is 84.8 Å². The Hall–Kier alpha value is -0.610. The smallest absolute Gasteiger partial charge is 0.236 e. The summed E-state index contributed by atoms with van der Waals surface area (Å²) in [4.78, 5) is 11.8. The molecule has 1 aliphatic carbocycles. The van der Waals surface area contributed by atoms with E-state index in [-0.39, 0.29) is 11.9 Å². The summed E-state index contributed by atoms with van der Waals surface area (Å²) in [5.41, 5.74) is 9.02.